The van der Waals surface area contributed by atoms with Gasteiger partial charge in [0.2, 0.25) is 5.91 Å². The smallest absolute Gasteiger partial charge is 0.269 e. The van der Waals surface area contributed by atoms with Crippen LogP contribution in [0, 0.1) is 6.92 Å². The number of rotatable bonds is 5. The van der Waals surface area contributed by atoms with Crippen molar-refractivity contribution < 1.29 is 9.59 Å². The van der Waals surface area contributed by atoms with E-state index < -0.39 is 0 Å². The fraction of sp³-hybridized carbons (Fsp3) is 0.176. The Hall–Kier alpha value is -1.98. The molecule has 4 nitrogen and oxygen atoms in total. The normalized spacial score (nSPS) is 10.2. The monoisotopic (exact) mass is 348 g/mol. The number of hydrazine groups is 1. The molecule has 6 heteroatoms. The van der Waals surface area contributed by atoms with Gasteiger partial charge in [0.25, 0.3) is 5.91 Å². The molecular formula is C17H17ClN2O2S. The summed E-state index contributed by atoms with van der Waals surface area (Å²) in [4.78, 5) is 23.6. The number of amides is 2. The molecule has 0 atom stereocenters. The lowest BCUT2D eigenvalue weighted by atomic mass is 10.1. The van der Waals surface area contributed by atoms with E-state index in [0.29, 0.717) is 10.6 Å². The topological polar surface area (TPSA) is 58.2 Å². The highest BCUT2D eigenvalue weighted by Crippen LogP contribution is 2.15. The molecule has 2 aromatic rings. The number of nitrogens with one attached hydrogen (secondary N) is 2. The van der Waals surface area contributed by atoms with Crippen molar-refractivity contribution >= 4 is 35.2 Å². The number of aryl methyl sites for hydroxylation is 1. The van der Waals surface area contributed by atoms with Gasteiger partial charge in [0.05, 0.1) is 5.75 Å². The molecule has 0 unspecified atom stereocenters. The molecule has 120 valence electrons. The van der Waals surface area contributed by atoms with E-state index in [-0.39, 0.29) is 17.6 Å². The van der Waals surface area contributed by atoms with Crippen molar-refractivity contribution in [2.45, 2.75) is 12.7 Å². The van der Waals surface area contributed by atoms with Gasteiger partial charge < -0.3 is 0 Å². The Morgan fingerprint density at radius 3 is 2.43 bits per heavy atom. The second kappa shape index (κ2) is 8.60. The minimum absolute atomic E-state index is 0.245. The van der Waals surface area contributed by atoms with Crippen LogP contribution in [0.3, 0.4) is 0 Å². The fourth-order valence-electron chi connectivity index (χ4n) is 1.86. The van der Waals surface area contributed by atoms with Gasteiger partial charge in [0.1, 0.15) is 0 Å². The first-order valence-corrected chi connectivity index (χ1v) is 8.56. The Labute approximate surface area is 144 Å². The summed E-state index contributed by atoms with van der Waals surface area (Å²) >= 11 is 7.26. The van der Waals surface area contributed by atoms with Crippen molar-refractivity contribution in [2.75, 3.05) is 5.75 Å². The second-order valence-corrected chi connectivity index (χ2v) is 6.35. The van der Waals surface area contributed by atoms with Crippen LogP contribution in [0.2, 0.25) is 5.02 Å². The Balaban J connectivity index is 1.72. The summed E-state index contributed by atoms with van der Waals surface area (Å²) in [5, 5.41) is 0.554. The van der Waals surface area contributed by atoms with Crippen LogP contribution in [0.5, 0.6) is 0 Å². The van der Waals surface area contributed by atoms with Gasteiger partial charge in [0, 0.05) is 16.3 Å². The number of thioether (sulfide) groups is 1. The lowest BCUT2D eigenvalue weighted by molar-refractivity contribution is -0.119. The van der Waals surface area contributed by atoms with Crippen molar-refractivity contribution in [2.24, 2.45) is 0 Å². The van der Waals surface area contributed by atoms with Gasteiger partial charge in [-0.3, -0.25) is 20.4 Å². The van der Waals surface area contributed by atoms with E-state index in [0.717, 1.165) is 5.75 Å². The molecule has 2 rings (SSSR count). The first-order chi connectivity index (χ1) is 11.1. The second-order valence-electron chi connectivity index (χ2n) is 4.93. The predicted octanol–water partition coefficient (Wildman–Crippen LogP) is 3.34. The summed E-state index contributed by atoms with van der Waals surface area (Å²) < 4.78 is 0. The van der Waals surface area contributed by atoms with E-state index >= 15 is 0 Å². The molecule has 0 fully saturated rings. The van der Waals surface area contributed by atoms with Gasteiger partial charge in [-0.25, -0.2) is 0 Å². The molecule has 0 heterocycles. The van der Waals surface area contributed by atoms with Gasteiger partial charge in [0.15, 0.2) is 0 Å². The highest BCUT2D eigenvalue weighted by atomic mass is 35.5. The number of hydrogen-bond donors (Lipinski definition) is 2. The third-order valence-electron chi connectivity index (χ3n) is 3.17. The lowest BCUT2D eigenvalue weighted by Crippen LogP contribution is -2.42. The van der Waals surface area contributed by atoms with Crippen molar-refractivity contribution in [1.82, 2.24) is 10.9 Å². The number of halogens is 1. The van der Waals surface area contributed by atoms with Crippen molar-refractivity contribution in [3.05, 3.63) is 70.2 Å². The molecule has 2 N–H and O–H groups in total. The van der Waals surface area contributed by atoms with E-state index in [1.165, 1.54) is 22.9 Å². The Morgan fingerprint density at radius 1 is 1.04 bits per heavy atom. The minimum Gasteiger partial charge on any atom is -0.272 e. The molecule has 0 radical (unpaired) electrons. The predicted molar refractivity (Wildman–Crippen MR) is 94.4 cm³/mol. The van der Waals surface area contributed by atoms with Crippen molar-refractivity contribution in [3.8, 4) is 0 Å². The van der Waals surface area contributed by atoms with Gasteiger partial charge in [-0.05, 0) is 42.3 Å². The molecule has 0 aliphatic heterocycles. The summed E-state index contributed by atoms with van der Waals surface area (Å²) in [6.07, 6.45) is 0. The third kappa shape index (κ3) is 5.62. The van der Waals surface area contributed by atoms with Crippen LogP contribution in [-0.4, -0.2) is 17.6 Å². The summed E-state index contributed by atoms with van der Waals surface area (Å²) in [5.41, 5.74) is 7.63. The van der Waals surface area contributed by atoms with E-state index in [9.17, 15) is 9.59 Å². The number of carbonyl (C=O) groups excluding carboxylic acids is 2. The van der Waals surface area contributed by atoms with Gasteiger partial charge >= 0.3 is 0 Å². The molecule has 23 heavy (non-hydrogen) atoms. The highest BCUT2D eigenvalue weighted by Gasteiger charge is 2.07. The molecular weight excluding hydrogens is 332 g/mol. The van der Waals surface area contributed by atoms with Crippen molar-refractivity contribution in [3.63, 3.8) is 0 Å². The number of carbonyl (C=O) groups is 2. The summed E-state index contributed by atoms with van der Waals surface area (Å²) in [6, 6.07) is 14.5. The van der Waals surface area contributed by atoms with E-state index in [1.807, 2.05) is 31.2 Å². The molecule has 2 amide bonds. The number of hydrogen-bond acceptors (Lipinski definition) is 3. The first-order valence-electron chi connectivity index (χ1n) is 7.03. The molecule has 2 aromatic carbocycles. The largest absolute Gasteiger partial charge is 0.272 e. The summed E-state index contributed by atoms with van der Waals surface area (Å²) in [7, 11) is 0. The molecule has 0 saturated carbocycles. The Bertz CT molecular complexity index is 689. The van der Waals surface area contributed by atoms with Crippen LogP contribution in [0.4, 0.5) is 0 Å². The van der Waals surface area contributed by atoms with Crippen molar-refractivity contribution in [1.29, 1.82) is 0 Å². The van der Waals surface area contributed by atoms with Crippen LogP contribution in [0.1, 0.15) is 21.5 Å². The Morgan fingerprint density at radius 2 is 1.74 bits per heavy atom. The molecule has 0 aliphatic carbocycles. The zero-order valence-corrected chi connectivity index (χ0v) is 14.2. The van der Waals surface area contributed by atoms with Gasteiger partial charge in [-0.15, -0.1) is 11.8 Å². The molecule has 0 bridgehead atoms. The summed E-state index contributed by atoms with van der Waals surface area (Å²) in [5.74, 6) is 0.408. The highest BCUT2D eigenvalue weighted by molar-refractivity contribution is 7.99. The maximum Gasteiger partial charge on any atom is 0.269 e. The fourth-order valence-corrected chi connectivity index (χ4v) is 2.89. The van der Waals surface area contributed by atoms with Crippen LogP contribution in [-0.2, 0) is 10.5 Å². The van der Waals surface area contributed by atoms with E-state index in [2.05, 4.69) is 10.9 Å². The standard InChI is InChI=1S/C17H17ClN2O2S/c1-12-4-2-3-5-14(12)10-23-11-16(21)19-20-17(22)13-6-8-15(18)9-7-13/h2-9H,10-11H2,1H3,(H,19,21)(H,20,22). The first kappa shape index (κ1) is 17.4. The SMILES string of the molecule is Cc1ccccc1CSCC(=O)NNC(=O)c1ccc(Cl)cc1. The van der Waals surface area contributed by atoms with Crippen LogP contribution in [0.15, 0.2) is 48.5 Å². The average molecular weight is 349 g/mol. The third-order valence-corrected chi connectivity index (χ3v) is 4.41. The summed E-state index contributed by atoms with van der Waals surface area (Å²) in [6.45, 7) is 2.04. The van der Waals surface area contributed by atoms with Crippen LogP contribution in [0.25, 0.3) is 0 Å². The van der Waals surface area contributed by atoms with Crippen LogP contribution < -0.4 is 10.9 Å². The van der Waals surface area contributed by atoms with Gasteiger partial charge in [-0.2, -0.15) is 0 Å². The van der Waals surface area contributed by atoms with E-state index in [4.69, 9.17) is 11.6 Å². The molecule has 0 aliphatic rings. The molecule has 0 aromatic heterocycles. The lowest BCUT2D eigenvalue weighted by Gasteiger charge is -2.08. The average Bonchev–Trinajstić information content (AvgIpc) is 2.55. The van der Waals surface area contributed by atoms with Crippen LogP contribution >= 0.6 is 23.4 Å². The maximum absolute atomic E-state index is 11.8. The molecule has 0 saturated heterocycles. The Kier molecular flexibility index (Phi) is 6.50. The zero-order chi connectivity index (χ0) is 16.7. The maximum atomic E-state index is 11.8. The zero-order valence-electron chi connectivity index (χ0n) is 12.6. The van der Waals surface area contributed by atoms with Gasteiger partial charge in [-0.1, -0.05) is 35.9 Å². The number of benzene rings is 2. The minimum atomic E-state index is -0.376. The molecule has 0 spiro atoms. The van der Waals surface area contributed by atoms with E-state index in [1.54, 1.807) is 24.3 Å². The quantitative estimate of drug-likeness (QED) is 0.815.